The minimum absolute atomic E-state index is 0.160. The van der Waals surface area contributed by atoms with Crippen LogP contribution in [0.4, 0.5) is 10.5 Å². The van der Waals surface area contributed by atoms with Crippen molar-refractivity contribution < 1.29 is 33.3 Å². The van der Waals surface area contributed by atoms with Gasteiger partial charge in [0, 0.05) is 0 Å². The lowest BCUT2D eigenvalue weighted by Crippen LogP contribution is -2.54. The Labute approximate surface area is 207 Å². The maximum Gasteiger partial charge on any atom is 0.335 e. The van der Waals surface area contributed by atoms with E-state index in [1.165, 1.54) is 13.2 Å². The van der Waals surface area contributed by atoms with E-state index >= 15 is 0 Å². The molecule has 1 heterocycles. The van der Waals surface area contributed by atoms with Crippen LogP contribution in [0.2, 0.25) is 0 Å². The van der Waals surface area contributed by atoms with Gasteiger partial charge in [-0.3, -0.25) is 14.9 Å². The molecule has 0 unspecified atom stereocenters. The van der Waals surface area contributed by atoms with Crippen LogP contribution in [0.1, 0.15) is 5.56 Å². The van der Waals surface area contributed by atoms with Gasteiger partial charge in [0.2, 0.25) is 0 Å². The number of amides is 4. The Morgan fingerprint density at radius 3 is 1.69 bits per heavy atom. The minimum Gasteiger partial charge on any atom is -0.497 e. The highest BCUT2D eigenvalue weighted by Crippen LogP contribution is 2.25. The molecule has 36 heavy (non-hydrogen) atoms. The monoisotopic (exact) mass is 488 g/mol. The normalized spacial score (nSPS) is 14.4. The Hall–Kier alpha value is -4.79. The van der Waals surface area contributed by atoms with Gasteiger partial charge in [0.15, 0.2) is 0 Å². The minimum atomic E-state index is -0.812. The van der Waals surface area contributed by atoms with Gasteiger partial charge >= 0.3 is 6.03 Å². The molecule has 1 N–H and O–H groups in total. The molecule has 3 aromatic rings. The highest BCUT2D eigenvalue weighted by molar-refractivity contribution is 6.39. The van der Waals surface area contributed by atoms with Crippen molar-refractivity contribution in [2.24, 2.45) is 0 Å². The fourth-order valence-electron chi connectivity index (χ4n) is 3.44. The molecule has 1 fully saturated rings. The van der Waals surface area contributed by atoms with E-state index in [-0.39, 0.29) is 5.57 Å². The van der Waals surface area contributed by atoms with Crippen molar-refractivity contribution in [3.8, 4) is 23.0 Å². The molecule has 4 amide bonds. The third-order valence-electron chi connectivity index (χ3n) is 5.30. The van der Waals surface area contributed by atoms with Crippen molar-refractivity contribution in [2.75, 3.05) is 32.3 Å². The Morgan fingerprint density at radius 2 is 1.17 bits per heavy atom. The number of imide groups is 2. The molecule has 1 aliphatic heterocycles. The Balaban J connectivity index is 1.38. The van der Waals surface area contributed by atoms with Crippen molar-refractivity contribution in [1.82, 2.24) is 5.32 Å². The maximum absolute atomic E-state index is 13.0. The molecule has 0 atom stereocenters. The van der Waals surface area contributed by atoms with E-state index in [0.29, 0.717) is 41.7 Å². The standard InChI is InChI=1S/C27H24N2O7/c1-33-20-9-5-19(6-10-20)29-26(31)24(25(30)28-27(29)32)17-18-3-7-22(8-4-18)35-15-16-36-23-13-11-21(34-2)12-14-23/h3-14,17H,15-16H2,1-2H3,(H,28,30,32). The molecular formula is C27H24N2O7. The van der Waals surface area contributed by atoms with Crippen LogP contribution in [-0.4, -0.2) is 45.3 Å². The first-order chi connectivity index (χ1) is 17.5. The van der Waals surface area contributed by atoms with Crippen LogP contribution in [0.15, 0.2) is 78.4 Å². The fraction of sp³-hybridized carbons (Fsp3) is 0.148. The number of benzene rings is 3. The van der Waals surface area contributed by atoms with Gasteiger partial charge in [0.05, 0.1) is 19.9 Å². The number of urea groups is 1. The first-order valence-electron chi connectivity index (χ1n) is 11.0. The number of carbonyl (C=O) groups is 3. The summed E-state index contributed by atoms with van der Waals surface area (Å²) in [5.74, 6) is 1.16. The number of anilines is 1. The maximum atomic E-state index is 13.0. The summed E-state index contributed by atoms with van der Waals surface area (Å²) in [4.78, 5) is 38.6. The second kappa shape index (κ2) is 11.1. The van der Waals surface area contributed by atoms with E-state index in [1.54, 1.807) is 55.6 Å². The number of barbiturate groups is 1. The number of hydrogen-bond donors (Lipinski definition) is 1. The van der Waals surface area contributed by atoms with Crippen LogP contribution < -0.4 is 29.2 Å². The van der Waals surface area contributed by atoms with E-state index in [4.69, 9.17) is 18.9 Å². The molecule has 0 aromatic heterocycles. The Morgan fingerprint density at radius 1 is 0.694 bits per heavy atom. The van der Waals surface area contributed by atoms with Crippen molar-refractivity contribution in [1.29, 1.82) is 0 Å². The van der Waals surface area contributed by atoms with Crippen LogP contribution >= 0.6 is 0 Å². The average molecular weight is 488 g/mol. The van der Waals surface area contributed by atoms with Crippen LogP contribution in [0.25, 0.3) is 6.08 Å². The van der Waals surface area contributed by atoms with Gasteiger partial charge < -0.3 is 18.9 Å². The summed E-state index contributed by atoms with van der Waals surface area (Å²) in [5.41, 5.74) is 0.753. The quantitative estimate of drug-likeness (QED) is 0.277. The predicted octanol–water partition coefficient (Wildman–Crippen LogP) is 3.83. The molecule has 0 radical (unpaired) electrons. The lowest BCUT2D eigenvalue weighted by Gasteiger charge is -2.26. The highest BCUT2D eigenvalue weighted by atomic mass is 16.5. The smallest absolute Gasteiger partial charge is 0.335 e. The van der Waals surface area contributed by atoms with E-state index in [0.717, 1.165) is 10.6 Å². The molecule has 1 saturated heterocycles. The van der Waals surface area contributed by atoms with Gasteiger partial charge in [0.1, 0.15) is 41.8 Å². The summed E-state index contributed by atoms with van der Waals surface area (Å²) in [6.45, 7) is 0.675. The van der Waals surface area contributed by atoms with Crippen molar-refractivity contribution in [2.45, 2.75) is 0 Å². The number of carbonyl (C=O) groups excluding carboxylic acids is 3. The first kappa shape index (κ1) is 24.3. The molecule has 9 nitrogen and oxygen atoms in total. The number of nitrogens with one attached hydrogen (secondary N) is 1. The number of rotatable bonds is 9. The van der Waals surface area contributed by atoms with Crippen LogP contribution in [0.5, 0.6) is 23.0 Å². The summed E-state index contributed by atoms with van der Waals surface area (Å²) >= 11 is 0. The van der Waals surface area contributed by atoms with E-state index < -0.39 is 17.8 Å². The summed E-state index contributed by atoms with van der Waals surface area (Å²) < 4.78 is 21.5. The zero-order valence-corrected chi connectivity index (χ0v) is 19.7. The van der Waals surface area contributed by atoms with Gasteiger partial charge in [-0.1, -0.05) is 12.1 Å². The van der Waals surface area contributed by atoms with Crippen LogP contribution in [0, 0.1) is 0 Å². The molecule has 1 aliphatic rings. The first-order valence-corrected chi connectivity index (χ1v) is 11.0. The van der Waals surface area contributed by atoms with E-state index in [9.17, 15) is 14.4 Å². The third-order valence-corrected chi connectivity index (χ3v) is 5.30. The largest absolute Gasteiger partial charge is 0.497 e. The number of ether oxygens (including phenoxy) is 4. The Bertz CT molecular complexity index is 1270. The van der Waals surface area contributed by atoms with Crippen molar-refractivity contribution in [3.63, 3.8) is 0 Å². The summed E-state index contributed by atoms with van der Waals surface area (Å²) in [5, 5.41) is 2.20. The van der Waals surface area contributed by atoms with Gasteiger partial charge in [0.25, 0.3) is 11.8 Å². The summed E-state index contributed by atoms with van der Waals surface area (Å²) in [7, 11) is 3.12. The van der Waals surface area contributed by atoms with Gasteiger partial charge in [-0.15, -0.1) is 0 Å². The lowest BCUT2D eigenvalue weighted by molar-refractivity contribution is -0.122. The van der Waals surface area contributed by atoms with E-state index in [2.05, 4.69) is 5.32 Å². The number of nitrogens with zero attached hydrogens (tertiary/aromatic N) is 1. The zero-order valence-electron chi connectivity index (χ0n) is 19.7. The molecule has 0 bridgehead atoms. The predicted molar refractivity (Wildman–Crippen MR) is 132 cm³/mol. The molecule has 0 spiro atoms. The zero-order chi connectivity index (χ0) is 25.5. The van der Waals surface area contributed by atoms with Gasteiger partial charge in [-0.25, -0.2) is 9.69 Å². The second-order valence-electron chi connectivity index (χ2n) is 7.60. The van der Waals surface area contributed by atoms with Gasteiger partial charge in [-0.2, -0.15) is 0 Å². The molecule has 9 heteroatoms. The second-order valence-corrected chi connectivity index (χ2v) is 7.60. The van der Waals surface area contributed by atoms with Gasteiger partial charge in [-0.05, 0) is 72.3 Å². The number of methoxy groups -OCH3 is 2. The van der Waals surface area contributed by atoms with Crippen molar-refractivity contribution in [3.05, 3.63) is 83.9 Å². The molecule has 4 rings (SSSR count). The molecule has 0 aliphatic carbocycles. The van der Waals surface area contributed by atoms with Crippen LogP contribution in [-0.2, 0) is 9.59 Å². The summed E-state index contributed by atoms with van der Waals surface area (Å²) in [6.07, 6.45) is 1.43. The molecular weight excluding hydrogens is 464 g/mol. The highest BCUT2D eigenvalue weighted by Gasteiger charge is 2.36. The number of hydrogen-bond acceptors (Lipinski definition) is 7. The van der Waals surface area contributed by atoms with E-state index in [1.807, 2.05) is 24.3 Å². The Kier molecular flexibility index (Phi) is 7.50. The molecule has 184 valence electrons. The van der Waals surface area contributed by atoms with Crippen molar-refractivity contribution >= 4 is 29.6 Å². The third kappa shape index (κ3) is 5.64. The SMILES string of the molecule is COc1ccc(OCCOc2ccc(C=C3C(=O)NC(=O)N(c4ccc(OC)cc4)C3=O)cc2)cc1. The molecule has 0 saturated carbocycles. The summed E-state index contributed by atoms with van der Waals surface area (Å²) in [6, 6.07) is 19.7. The molecule has 3 aromatic carbocycles. The lowest BCUT2D eigenvalue weighted by atomic mass is 10.1. The topological polar surface area (TPSA) is 103 Å². The average Bonchev–Trinajstić information content (AvgIpc) is 2.90. The van der Waals surface area contributed by atoms with Crippen LogP contribution in [0.3, 0.4) is 0 Å². The fourth-order valence-corrected chi connectivity index (χ4v) is 3.44.